The van der Waals surface area contributed by atoms with Crippen molar-refractivity contribution >= 4 is 0 Å². The molecule has 21 heavy (non-hydrogen) atoms. The van der Waals surface area contributed by atoms with E-state index in [1.807, 2.05) is 50.2 Å². The Bertz CT molecular complexity index is 620. The molecule has 0 heterocycles. The minimum atomic E-state index is -0.657. The van der Waals surface area contributed by atoms with Crippen LogP contribution in [-0.2, 0) is 0 Å². The molecular weight excluding hydrogens is 264 g/mol. The Hall–Kier alpha value is -2.00. The van der Waals surface area contributed by atoms with E-state index in [2.05, 4.69) is 6.92 Å². The molecule has 0 aliphatic carbocycles. The van der Waals surface area contributed by atoms with E-state index in [0.29, 0.717) is 11.5 Å². The fraction of sp³-hybridized carbons (Fsp3) is 0.333. The molecule has 0 spiro atoms. The van der Waals surface area contributed by atoms with Crippen LogP contribution in [0.15, 0.2) is 36.4 Å². The van der Waals surface area contributed by atoms with Crippen molar-refractivity contribution in [2.24, 2.45) is 0 Å². The summed E-state index contributed by atoms with van der Waals surface area (Å²) in [5, 5.41) is 10.2. The topological polar surface area (TPSA) is 38.7 Å². The maximum atomic E-state index is 10.2. The molecule has 0 fully saturated rings. The van der Waals surface area contributed by atoms with Gasteiger partial charge in [0.05, 0.1) is 7.11 Å². The molecule has 1 atom stereocenters. The number of hydrogen-bond donors (Lipinski definition) is 1. The number of rotatable bonds is 5. The van der Waals surface area contributed by atoms with Gasteiger partial charge in [-0.2, -0.15) is 0 Å². The minimum absolute atomic E-state index is 0.196. The summed E-state index contributed by atoms with van der Waals surface area (Å²) in [6, 6.07) is 11.7. The standard InChI is InChI=1S/C18H22O3/c1-12-5-8-17(18(9-12)20-4)21-11-16(19)15-7-6-13(2)14(3)10-15/h5-10,16,19H,11H2,1-4H3. The van der Waals surface area contributed by atoms with Gasteiger partial charge < -0.3 is 14.6 Å². The molecule has 0 saturated heterocycles. The van der Waals surface area contributed by atoms with Crippen LogP contribution in [-0.4, -0.2) is 18.8 Å². The Morgan fingerprint density at radius 2 is 1.71 bits per heavy atom. The maximum Gasteiger partial charge on any atom is 0.161 e. The smallest absolute Gasteiger partial charge is 0.161 e. The summed E-state index contributed by atoms with van der Waals surface area (Å²) in [4.78, 5) is 0. The van der Waals surface area contributed by atoms with Crippen LogP contribution in [0.4, 0.5) is 0 Å². The summed E-state index contributed by atoms with van der Waals surface area (Å²) in [6.07, 6.45) is -0.657. The highest BCUT2D eigenvalue weighted by Gasteiger charge is 2.11. The fourth-order valence-corrected chi connectivity index (χ4v) is 2.13. The largest absolute Gasteiger partial charge is 0.493 e. The Morgan fingerprint density at radius 1 is 0.952 bits per heavy atom. The molecule has 3 nitrogen and oxygen atoms in total. The summed E-state index contributed by atoms with van der Waals surface area (Å²) in [7, 11) is 1.61. The van der Waals surface area contributed by atoms with Gasteiger partial charge in [0, 0.05) is 0 Å². The molecule has 0 bridgehead atoms. The monoisotopic (exact) mass is 286 g/mol. The average Bonchev–Trinajstić information content (AvgIpc) is 2.48. The van der Waals surface area contributed by atoms with Gasteiger partial charge in [0.25, 0.3) is 0 Å². The number of hydrogen-bond acceptors (Lipinski definition) is 3. The first kappa shape index (κ1) is 15.4. The van der Waals surface area contributed by atoms with Crippen LogP contribution in [0, 0.1) is 20.8 Å². The summed E-state index contributed by atoms with van der Waals surface area (Å²) in [6.45, 7) is 6.28. The van der Waals surface area contributed by atoms with Crippen molar-refractivity contribution in [3.63, 3.8) is 0 Å². The maximum absolute atomic E-state index is 10.2. The number of aliphatic hydroxyl groups is 1. The van der Waals surface area contributed by atoms with E-state index in [1.54, 1.807) is 7.11 Å². The van der Waals surface area contributed by atoms with Crippen LogP contribution in [0.25, 0.3) is 0 Å². The minimum Gasteiger partial charge on any atom is -0.493 e. The number of methoxy groups -OCH3 is 1. The molecule has 0 aromatic heterocycles. The van der Waals surface area contributed by atoms with Gasteiger partial charge in [-0.3, -0.25) is 0 Å². The fourth-order valence-electron chi connectivity index (χ4n) is 2.13. The molecule has 2 aromatic rings. The molecule has 0 radical (unpaired) electrons. The van der Waals surface area contributed by atoms with Gasteiger partial charge in [-0.05, 0) is 55.2 Å². The van der Waals surface area contributed by atoms with Gasteiger partial charge >= 0.3 is 0 Å². The second-order valence-corrected chi connectivity index (χ2v) is 5.32. The highest BCUT2D eigenvalue weighted by Crippen LogP contribution is 2.29. The lowest BCUT2D eigenvalue weighted by Crippen LogP contribution is -2.10. The first-order chi connectivity index (χ1) is 10.0. The molecule has 2 aromatic carbocycles. The third-order valence-electron chi connectivity index (χ3n) is 3.63. The van der Waals surface area contributed by atoms with Gasteiger partial charge in [-0.1, -0.05) is 24.3 Å². The number of aliphatic hydroxyl groups excluding tert-OH is 1. The zero-order valence-electron chi connectivity index (χ0n) is 13.0. The van der Waals surface area contributed by atoms with Gasteiger partial charge in [0.1, 0.15) is 12.7 Å². The van der Waals surface area contributed by atoms with E-state index in [9.17, 15) is 5.11 Å². The van der Waals surface area contributed by atoms with Gasteiger partial charge in [0.2, 0.25) is 0 Å². The van der Waals surface area contributed by atoms with Crippen molar-refractivity contribution in [1.29, 1.82) is 0 Å². The first-order valence-electron chi connectivity index (χ1n) is 7.04. The lowest BCUT2D eigenvalue weighted by atomic mass is 10.0. The third-order valence-corrected chi connectivity index (χ3v) is 3.63. The summed E-state index contributed by atoms with van der Waals surface area (Å²) >= 11 is 0. The second-order valence-electron chi connectivity index (χ2n) is 5.32. The first-order valence-corrected chi connectivity index (χ1v) is 7.04. The summed E-state index contributed by atoms with van der Waals surface area (Å²) in [5.41, 5.74) is 4.35. The zero-order chi connectivity index (χ0) is 15.4. The molecule has 2 rings (SSSR count). The van der Waals surface area contributed by atoms with Crippen molar-refractivity contribution in [2.75, 3.05) is 13.7 Å². The summed E-state index contributed by atoms with van der Waals surface area (Å²) < 4.78 is 11.0. The highest BCUT2D eigenvalue weighted by atomic mass is 16.5. The number of ether oxygens (including phenoxy) is 2. The van der Waals surface area contributed by atoms with Crippen LogP contribution in [0.3, 0.4) is 0 Å². The van der Waals surface area contributed by atoms with E-state index in [4.69, 9.17) is 9.47 Å². The molecule has 3 heteroatoms. The van der Waals surface area contributed by atoms with Crippen LogP contribution in [0.1, 0.15) is 28.4 Å². The Kier molecular flexibility index (Phi) is 4.86. The van der Waals surface area contributed by atoms with Crippen molar-refractivity contribution in [3.05, 3.63) is 58.7 Å². The van der Waals surface area contributed by atoms with E-state index in [1.165, 1.54) is 11.1 Å². The molecule has 0 aliphatic heterocycles. The third kappa shape index (κ3) is 3.76. The van der Waals surface area contributed by atoms with Crippen LogP contribution >= 0.6 is 0 Å². The molecule has 0 saturated carbocycles. The molecular formula is C18H22O3. The van der Waals surface area contributed by atoms with Crippen molar-refractivity contribution in [3.8, 4) is 11.5 Å². The summed E-state index contributed by atoms with van der Waals surface area (Å²) in [5.74, 6) is 1.33. The van der Waals surface area contributed by atoms with E-state index in [-0.39, 0.29) is 6.61 Å². The van der Waals surface area contributed by atoms with E-state index >= 15 is 0 Å². The second kappa shape index (κ2) is 6.64. The quantitative estimate of drug-likeness (QED) is 0.910. The molecule has 0 aliphatic rings. The van der Waals surface area contributed by atoms with Crippen LogP contribution in [0.5, 0.6) is 11.5 Å². The molecule has 112 valence electrons. The number of benzene rings is 2. The Balaban J connectivity index is 2.07. The Labute approximate surface area is 126 Å². The van der Waals surface area contributed by atoms with E-state index in [0.717, 1.165) is 11.1 Å². The van der Waals surface area contributed by atoms with Gasteiger partial charge in [0.15, 0.2) is 11.5 Å². The van der Waals surface area contributed by atoms with Crippen LogP contribution < -0.4 is 9.47 Å². The average molecular weight is 286 g/mol. The highest BCUT2D eigenvalue weighted by molar-refractivity contribution is 5.42. The van der Waals surface area contributed by atoms with Gasteiger partial charge in [-0.15, -0.1) is 0 Å². The molecule has 1 unspecified atom stereocenters. The van der Waals surface area contributed by atoms with Gasteiger partial charge in [-0.25, -0.2) is 0 Å². The van der Waals surface area contributed by atoms with E-state index < -0.39 is 6.10 Å². The number of aryl methyl sites for hydroxylation is 3. The SMILES string of the molecule is COc1cc(C)ccc1OCC(O)c1ccc(C)c(C)c1. The van der Waals surface area contributed by atoms with Crippen LogP contribution in [0.2, 0.25) is 0 Å². The Morgan fingerprint density at radius 3 is 2.38 bits per heavy atom. The van der Waals surface area contributed by atoms with Crippen molar-refractivity contribution in [2.45, 2.75) is 26.9 Å². The lowest BCUT2D eigenvalue weighted by Gasteiger charge is -2.16. The zero-order valence-corrected chi connectivity index (χ0v) is 13.0. The normalized spacial score (nSPS) is 12.0. The lowest BCUT2D eigenvalue weighted by molar-refractivity contribution is 0.106. The predicted octanol–water partition coefficient (Wildman–Crippen LogP) is 3.73. The van der Waals surface area contributed by atoms with Crippen molar-refractivity contribution < 1.29 is 14.6 Å². The van der Waals surface area contributed by atoms with Crippen molar-refractivity contribution in [1.82, 2.24) is 0 Å². The predicted molar refractivity (Wildman–Crippen MR) is 84.1 cm³/mol. The molecule has 0 amide bonds. The molecule has 1 N–H and O–H groups in total.